The van der Waals surface area contributed by atoms with Crippen LogP contribution >= 0.6 is 0 Å². The maximum absolute atomic E-state index is 14.9. The molecule has 1 aliphatic carbocycles. The first-order valence-corrected chi connectivity index (χ1v) is 16.9. The van der Waals surface area contributed by atoms with Crippen molar-refractivity contribution in [3.8, 4) is 28.4 Å². The summed E-state index contributed by atoms with van der Waals surface area (Å²) < 4.78 is 17.4. The first kappa shape index (κ1) is 35.9. The van der Waals surface area contributed by atoms with Gasteiger partial charge in [0.1, 0.15) is 35.6 Å². The predicted octanol–water partition coefficient (Wildman–Crippen LogP) is 3.69. The molecule has 0 saturated carbocycles. The van der Waals surface area contributed by atoms with Crippen molar-refractivity contribution in [3.63, 3.8) is 0 Å². The van der Waals surface area contributed by atoms with Gasteiger partial charge in [0.25, 0.3) is 0 Å². The Bertz CT molecular complexity index is 2300. The molecule has 7 rings (SSSR count). The second-order valence-electron chi connectivity index (χ2n) is 13.2. The molecule has 0 amide bonds. The van der Waals surface area contributed by atoms with Crippen molar-refractivity contribution in [1.29, 1.82) is 0 Å². The molecule has 12 heteroatoms. The minimum absolute atomic E-state index is 0.0121. The Morgan fingerprint density at radius 3 is 2.19 bits per heavy atom. The van der Waals surface area contributed by atoms with Crippen molar-refractivity contribution >= 4 is 28.3 Å². The van der Waals surface area contributed by atoms with Gasteiger partial charge < -0.3 is 44.8 Å². The van der Waals surface area contributed by atoms with E-state index in [0.717, 1.165) is 10.8 Å². The molecular weight excluding hydrogens is 684 g/mol. The number of hydrogen-bond acceptors (Lipinski definition) is 12. The third kappa shape index (κ3) is 6.35. The Morgan fingerprint density at radius 1 is 0.736 bits per heavy atom. The van der Waals surface area contributed by atoms with Crippen LogP contribution in [0.15, 0.2) is 78.9 Å². The fourth-order valence-corrected chi connectivity index (χ4v) is 7.10. The van der Waals surface area contributed by atoms with E-state index >= 15 is 0 Å². The van der Waals surface area contributed by atoms with Crippen LogP contribution in [0.25, 0.3) is 21.9 Å². The van der Waals surface area contributed by atoms with E-state index in [9.17, 15) is 45.0 Å². The number of ketones is 2. The highest BCUT2D eigenvalue weighted by atomic mass is 16.7. The summed E-state index contributed by atoms with van der Waals surface area (Å²) >= 11 is 0. The number of benzene rings is 5. The summed E-state index contributed by atoms with van der Waals surface area (Å²) in [5.74, 6) is -3.11. The molecule has 6 N–H and O–H groups in total. The van der Waals surface area contributed by atoms with Crippen LogP contribution < -0.4 is 9.47 Å². The summed E-state index contributed by atoms with van der Waals surface area (Å²) in [6.45, 7) is 1.67. The molecule has 0 aromatic heterocycles. The molecule has 2 aliphatic rings. The minimum atomic E-state index is -1.75. The van der Waals surface area contributed by atoms with Gasteiger partial charge in [-0.25, -0.2) is 0 Å². The molecule has 12 nitrogen and oxygen atoms in total. The third-order valence-corrected chi connectivity index (χ3v) is 9.73. The lowest BCUT2D eigenvalue weighted by atomic mass is 9.76. The summed E-state index contributed by atoms with van der Waals surface area (Å²) in [6, 6.07) is 22.1. The van der Waals surface area contributed by atoms with E-state index in [2.05, 4.69) is 0 Å². The quantitative estimate of drug-likeness (QED) is 0.0986. The van der Waals surface area contributed by atoms with E-state index in [1.54, 1.807) is 36.4 Å². The molecule has 1 aliphatic heterocycles. The van der Waals surface area contributed by atoms with Crippen molar-refractivity contribution < 1.29 is 59.2 Å². The smallest absolute Gasteiger partial charge is 0.308 e. The number of hydrogen-bond donors (Lipinski definition) is 6. The Kier molecular flexibility index (Phi) is 9.60. The average molecular weight is 721 g/mol. The van der Waals surface area contributed by atoms with Gasteiger partial charge in [-0.05, 0) is 58.1 Å². The molecule has 53 heavy (non-hydrogen) atoms. The zero-order chi connectivity index (χ0) is 37.7. The van der Waals surface area contributed by atoms with Crippen molar-refractivity contribution in [2.24, 2.45) is 0 Å². The van der Waals surface area contributed by atoms with Crippen LogP contribution in [-0.2, 0) is 29.2 Å². The van der Waals surface area contributed by atoms with Gasteiger partial charge in [0.15, 0.2) is 11.6 Å². The van der Waals surface area contributed by atoms with E-state index in [4.69, 9.17) is 14.2 Å². The van der Waals surface area contributed by atoms with Crippen LogP contribution in [-0.4, -0.2) is 78.9 Å². The molecule has 272 valence electrons. The van der Waals surface area contributed by atoms with E-state index in [1.807, 2.05) is 30.3 Å². The second-order valence-corrected chi connectivity index (χ2v) is 13.2. The van der Waals surface area contributed by atoms with Crippen molar-refractivity contribution in [2.45, 2.75) is 64.2 Å². The highest BCUT2D eigenvalue weighted by molar-refractivity contribution is 6.32. The fourth-order valence-electron chi connectivity index (χ4n) is 7.10. The molecule has 0 radical (unpaired) electrons. The van der Waals surface area contributed by atoms with Crippen LogP contribution in [0.3, 0.4) is 0 Å². The first-order chi connectivity index (χ1) is 25.4. The highest BCUT2D eigenvalue weighted by Gasteiger charge is 2.45. The zero-order valence-electron chi connectivity index (χ0n) is 28.6. The number of rotatable bonds is 8. The number of aliphatic hydroxyl groups is 5. The number of aliphatic hydroxyl groups excluding tert-OH is 5. The van der Waals surface area contributed by atoms with Crippen LogP contribution in [0.2, 0.25) is 0 Å². The number of esters is 1. The number of aromatic hydroxyl groups is 1. The third-order valence-electron chi connectivity index (χ3n) is 9.73. The van der Waals surface area contributed by atoms with Gasteiger partial charge in [0, 0.05) is 41.2 Å². The monoisotopic (exact) mass is 720 g/mol. The minimum Gasteiger partial charge on any atom is -0.507 e. The molecule has 0 unspecified atom stereocenters. The lowest BCUT2D eigenvalue weighted by Gasteiger charge is -2.39. The first-order valence-electron chi connectivity index (χ1n) is 16.9. The highest BCUT2D eigenvalue weighted by Crippen LogP contribution is 2.47. The molecule has 5 atom stereocenters. The summed E-state index contributed by atoms with van der Waals surface area (Å²) in [7, 11) is 0. The average Bonchev–Trinajstić information content (AvgIpc) is 3.15. The molecule has 5 aromatic rings. The van der Waals surface area contributed by atoms with Gasteiger partial charge in [-0.15, -0.1) is 0 Å². The summed E-state index contributed by atoms with van der Waals surface area (Å²) in [6.07, 6.45) is -7.48. The molecule has 5 aromatic carbocycles. The summed E-state index contributed by atoms with van der Waals surface area (Å²) in [5.41, 5.74) is 0.708. The van der Waals surface area contributed by atoms with E-state index in [0.29, 0.717) is 16.7 Å². The Morgan fingerprint density at radius 2 is 1.47 bits per heavy atom. The molecule has 0 spiro atoms. The van der Waals surface area contributed by atoms with E-state index in [1.165, 1.54) is 26.0 Å². The maximum atomic E-state index is 14.9. The fraction of sp³-hybridized carbons (Fsp3) is 0.244. The lowest BCUT2D eigenvalue weighted by Crippen LogP contribution is -2.58. The largest absolute Gasteiger partial charge is 0.507 e. The molecule has 0 bridgehead atoms. The van der Waals surface area contributed by atoms with Gasteiger partial charge in [-0.2, -0.15) is 0 Å². The van der Waals surface area contributed by atoms with E-state index in [-0.39, 0.29) is 63.5 Å². The number of ether oxygens (including phenoxy) is 3. The lowest BCUT2D eigenvalue weighted by molar-refractivity contribution is -0.268. The predicted molar refractivity (Wildman–Crippen MR) is 190 cm³/mol. The standard InChI is InChI=1S/C41H36O12/c1-19-35(45)39(49)40(50)41(51-19)53-29-16-28-33(36(46)27(29)13-21-6-5-7-22(12-21)17-42)38(48)32-26(18-43)15-30(52-20(2)44)31(34(32)37(28)47)25-11-10-23-8-3-4-9-24(23)14-25/h3-12,14-16,19,35,39-43,45-46,49-50H,13,17-18H2,1-2H3/t19-,35-,39-,40-,41-/m1/s1. The molecular formula is C41H36O12. The normalized spacial score (nSPS) is 20.9. The van der Waals surface area contributed by atoms with Gasteiger partial charge in [-0.1, -0.05) is 60.7 Å². The second kappa shape index (κ2) is 14.2. The van der Waals surface area contributed by atoms with Gasteiger partial charge in [-0.3, -0.25) is 14.4 Å². The molecule has 1 saturated heterocycles. The number of phenolic OH excluding ortho intramolecular Hbond substituents is 1. The zero-order valence-corrected chi connectivity index (χ0v) is 28.6. The van der Waals surface area contributed by atoms with Crippen LogP contribution in [0, 0.1) is 0 Å². The van der Waals surface area contributed by atoms with Gasteiger partial charge in [0.2, 0.25) is 6.29 Å². The van der Waals surface area contributed by atoms with Crippen LogP contribution in [0.5, 0.6) is 17.2 Å². The summed E-state index contributed by atoms with van der Waals surface area (Å²) in [5, 5.41) is 65.5. The van der Waals surface area contributed by atoms with Gasteiger partial charge >= 0.3 is 5.97 Å². The summed E-state index contributed by atoms with van der Waals surface area (Å²) in [4.78, 5) is 41.8. The number of fused-ring (bicyclic) bond motifs is 3. The van der Waals surface area contributed by atoms with Crippen molar-refractivity contribution in [2.75, 3.05) is 0 Å². The number of phenols is 1. The number of carbonyl (C=O) groups excluding carboxylic acids is 3. The maximum Gasteiger partial charge on any atom is 0.308 e. The van der Waals surface area contributed by atoms with Crippen molar-refractivity contribution in [3.05, 3.63) is 123 Å². The van der Waals surface area contributed by atoms with Gasteiger partial charge in [0.05, 0.1) is 24.9 Å². The Labute approximate surface area is 303 Å². The SMILES string of the molecule is CC(=O)Oc1cc(CO)c2c(c1-c1ccc3ccccc3c1)C(=O)c1cc(O[C@H]3O[C@H](C)[C@@H](O)[C@@H](O)[C@H]3O)c(Cc3cccc(CO)c3)c(O)c1C2=O. The van der Waals surface area contributed by atoms with Crippen LogP contribution in [0.1, 0.15) is 67.9 Å². The van der Waals surface area contributed by atoms with Crippen molar-refractivity contribution in [1.82, 2.24) is 0 Å². The number of carbonyl (C=O) groups is 3. The van der Waals surface area contributed by atoms with Crippen LogP contribution in [0.4, 0.5) is 0 Å². The topological polar surface area (TPSA) is 200 Å². The van der Waals surface area contributed by atoms with E-state index < -0.39 is 60.6 Å². The Balaban J connectivity index is 1.46. The molecule has 1 fully saturated rings. The molecule has 1 heterocycles. The Hall–Kier alpha value is -5.47.